The van der Waals surface area contributed by atoms with Crippen LogP contribution in [0.5, 0.6) is 0 Å². The molecule has 0 heterocycles. The molecule has 0 bridgehead atoms. The molecule has 0 aliphatic rings. The minimum Gasteiger partial charge on any atom is -0.312 e. The van der Waals surface area contributed by atoms with E-state index in [1.165, 1.54) is 0 Å². The fraction of sp³-hybridized carbons (Fsp3) is 0.900. The van der Waals surface area contributed by atoms with Gasteiger partial charge in [0.15, 0.2) is 0 Å². The lowest BCUT2D eigenvalue weighted by atomic mass is 9.88. The second kappa shape index (κ2) is 4.47. The molecule has 0 aliphatic heterocycles. The number of rotatable bonds is 3. The Kier molecular flexibility index (Phi) is 4.26. The molecule has 2 unspecified atom stereocenters. The monoisotopic (exact) mass is 168 g/mol. The third-order valence-corrected chi connectivity index (χ3v) is 2.25. The zero-order valence-corrected chi connectivity index (χ0v) is 8.81. The SMILES string of the molecule is CC(C#N)CNC(C)C(C)(C)C. The van der Waals surface area contributed by atoms with Crippen molar-refractivity contribution in [1.29, 1.82) is 5.26 Å². The maximum Gasteiger partial charge on any atom is 0.0666 e. The molecular weight excluding hydrogens is 148 g/mol. The average molecular weight is 168 g/mol. The third kappa shape index (κ3) is 4.35. The van der Waals surface area contributed by atoms with Crippen LogP contribution in [-0.2, 0) is 0 Å². The summed E-state index contributed by atoms with van der Waals surface area (Å²) in [5, 5.41) is 11.9. The molecule has 0 amide bonds. The normalized spacial score (nSPS) is 16.7. The van der Waals surface area contributed by atoms with E-state index in [0.29, 0.717) is 6.04 Å². The van der Waals surface area contributed by atoms with Crippen molar-refractivity contribution < 1.29 is 0 Å². The molecule has 0 aromatic carbocycles. The van der Waals surface area contributed by atoms with Gasteiger partial charge in [-0.05, 0) is 19.3 Å². The van der Waals surface area contributed by atoms with E-state index in [9.17, 15) is 0 Å². The summed E-state index contributed by atoms with van der Waals surface area (Å²) in [6.07, 6.45) is 0. The van der Waals surface area contributed by atoms with Gasteiger partial charge in [0.1, 0.15) is 0 Å². The molecule has 0 spiro atoms. The van der Waals surface area contributed by atoms with Gasteiger partial charge in [0, 0.05) is 12.6 Å². The largest absolute Gasteiger partial charge is 0.312 e. The first-order valence-corrected chi connectivity index (χ1v) is 4.51. The zero-order valence-electron chi connectivity index (χ0n) is 8.81. The second-order valence-corrected chi connectivity index (χ2v) is 4.53. The fourth-order valence-corrected chi connectivity index (χ4v) is 0.705. The molecule has 12 heavy (non-hydrogen) atoms. The molecule has 0 fully saturated rings. The smallest absolute Gasteiger partial charge is 0.0666 e. The molecule has 0 radical (unpaired) electrons. The van der Waals surface area contributed by atoms with Gasteiger partial charge in [-0.3, -0.25) is 0 Å². The molecule has 70 valence electrons. The molecule has 0 aromatic rings. The van der Waals surface area contributed by atoms with Crippen molar-refractivity contribution in [2.75, 3.05) is 6.54 Å². The molecule has 0 rings (SSSR count). The van der Waals surface area contributed by atoms with Gasteiger partial charge in [-0.25, -0.2) is 0 Å². The standard InChI is InChI=1S/C10H20N2/c1-8(6-11)7-12-9(2)10(3,4)5/h8-9,12H,7H2,1-5H3. The number of hydrogen-bond acceptors (Lipinski definition) is 2. The van der Waals surface area contributed by atoms with Gasteiger partial charge >= 0.3 is 0 Å². The van der Waals surface area contributed by atoms with Gasteiger partial charge in [-0.2, -0.15) is 5.26 Å². The lowest BCUT2D eigenvalue weighted by Crippen LogP contribution is -2.39. The predicted molar refractivity (Wildman–Crippen MR) is 51.7 cm³/mol. The van der Waals surface area contributed by atoms with E-state index in [-0.39, 0.29) is 11.3 Å². The Morgan fingerprint density at radius 2 is 1.83 bits per heavy atom. The van der Waals surface area contributed by atoms with Crippen LogP contribution in [0.15, 0.2) is 0 Å². The lowest BCUT2D eigenvalue weighted by molar-refractivity contribution is 0.282. The number of nitrogens with zero attached hydrogens (tertiary/aromatic N) is 1. The highest BCUT2D eigenvalue weighted by molar-refractivity contribution is 4.83. The van der Waals surface area contributed by atoms with Crippen LogP contribution < -0.4 is 5.32 Å². The van der Waals surface area contributed by atoms with Gasteiger partial charge < -0.3 is 5.32 Å². The summed E-state index contributed by atoms with van der Waals surface area (Å²) >= 11 is 0. The minimum absolute atomic E-state index is 0.106. The molecule has 2 nitrogen and oxygen atoms in total. The highest BCUT2D eigenvalue weighted by Crippen LogP contribution is 2.18. The van der Waals surface area contributed by atoms with Gasteiger partial charge in [0.05, 0.1) is 12.0 Å². The summed E-state index contributed by atoms with van der Waals surface area (Å²) in [5.74, 6) is 0.106. The molecule has 2 atom stereocenters. The molecular formula is C10H20N2. The predicted octanol–water partition coefficient (Wildman–Crippen LogP) is 2.17. The van der Waals surface area contributed by atoms with Crippen LogP contribution >= 0.6 is 0 Å². The number of nitrogens with one attached hydrogen (secondary N) is 1. The van der Waals surface area contributed by atoms with Crippen molar-refractivity contribution in [3.8, 4) is 6.07 Å². The van der Waals surface area contributed by atoms with Crippen molar-refractivity contribution in [3.63, 3.8) is 0 Å². The van der Waals surface area contributed by atoms with Crippen LogP contribution in [0.4, 0.5) is 0 Å². The first kappa shape index (κ1) is 11.4. The molecule has 0 aliphatic carbocycles. The fourth-order valence-electron chi connectivity index (χ4n) is 0.705. The van der Waals surface area contributed by atoms with Crippen LogP contribution in [0, 0.1) is 22.7 Å². The Labute approximate surface area is 76.0 Å². The molecule has 0 saturated heterocycles. The summed E-state index contributed by atoms with van der Waals surface area (Å²) in [4.78, 5) is 0. The minimum atomic E-state index is 0.106. The van der Waals surface area contributed by atoms with E-state index in [1.807, 2.05) is 6.92 Å². The average Bonchev–Trinajstić information content (AvgIpc) is 1.97. The van der Waals surface area contributed by atoms with Gasteiger partial charge in [0.25, 0.3) is 0 Å². The van der Waals surface area contributed by atoms with E-state index in [4.69, 9.17) is 5.26 Å². The topological polar surface area (TPSA) is 35.8 Å². The Bertz CT molecular complexity index is 162. The maximum absolute atomic E-state index is 8.56. The molecule has 0 saturated carbocycles. The first-order valence-electron chi connectivity index (χ1n) is 4.51. The summed E-state index contributed by atoms with van der Waals surface area (Å²) in [6.45, 7) is 11.5. The molecule has 1 N–H and O–H groups in total. The van der Waals surface area contributed by atoms with Crippen molar-refractivity contribution in [2.45, 2.75) is 40.7 Å². The third-order valence-electron chi connectivity index (χ3n) is 2.25. The Morgan fingerprint density at radius 3 is 2.17 bits per heavy atom. The van der Waals surface area contributed by atoms with Gasteiger partial charge in [0.2, 0.25) is 0 Å². The van der Waals surface area contributed by atoms with Crippen molar-refractivity contribution >= 4 is 0 Å². The van der Waals surface area contributed by atoms with E-state index in [0.717, 1.165) is 6.54 Å². The van der Waals surface area contributed by atoms with E-state index >= 15 is 0 Å². The van der Waals surface area contributed by atoms with Crippen LogP contribution in [0.2, 0.25) is 0 Å². The van der Waals surface area contributed by atoms with Crippen molar-refractivity contribution in [2.24, 2.45) is 11.3 Å². The van der Waals surface area contributed by atoms with Crippen molar-refractivity contribution in [1.82, 2.24) is 5.32 Å². The summed E-state index contributed by atoms with van der Waals surface area (Å²) in [5.41, 5.74) is 0.273. The van der Waals surface area contributed by atoms with Crippen LogP contribution in [0.25, 0.3) is 0 Å². The number of nitriles is 1. The van der Waals surface area contributed by atoms with Crippen LogP contribution in [0.1, 0.15) is 34.6 Å². The summed E-state index contributed by atoms with van der Waals surface area (Å²) < 4.78 is 0. The molecule has 2 heteroatoms. The van der Waals surface area contributed by atoms with Crippen LogP contribution in [-0.4, -0.2) is 12.6 Å². The first-order chi connectivity index (χ1) is 5.38. The zero-order chi connectivity index (χ0) is 9.78. The summed E-state index contributed by atoms with van der Waals surface area (Å²) in [6, 6.07) is 2.66. The Hall–Kier alpha value is -0.550. The highest BCUT2D eigenvalue weighted by atomic mass is 14.9. The van der Waals surface area contributed by atoms with E-state index in [2.05, 4.69) is 39.1 Å². The highest BCUT2D eigenvalue weighted by Gasteiger charge is 2.19. The van der Waals surface area contributed by atoms with Crippen molar-refractivity contribution in [3.05, 3.63) is 0 Å². The van der Waals surface area contributed by atoms with Gasteiger partial charge in [-0.1, -0.05) is 20.8 Å². The Balaban J connectivity index is 3.74. The van der Waals surface area contributed by atoms with E-state index < -0.39 is 0 Å². The van der Waals surface area contributed by atoms with Gasteiger partial charge in [-0.15, -0.1) is 0 Å². The summed E-state index contributed by atoms with van der Waals surface area (Å²) in [7, 11) is 0. The van der Waals surface area contributed by atoms with E-state index in [1.54, 1.807) is 0 Å². The Morgan fingerprint density at radius 1 is 1.33 bits per heavy atom. The number of hydrogen-bond donors (Lipinski definition) is 1. The van der Waals surface area contributed by atoms with Crippen LogP contribution in [0.3, 0.4) is 0 Å². The maximum atomic E-state index is 8.56. The quantitative estimate of drug-likeness (QED) is 0.701. The lowest BCUT2D eigenvalue weighted by Gasteiger charge is -2.28. The second-order valence-electron chi connectivity index (χ2n) is 4.53. The molecule has 0 aromatic heterocycles.